The zero-order chi connectivity index (χ0) is 19.4. The molecule has 2 N–H and O–H groups in total. The Hall–Kier alpha value is -1.10. The Morgan fingerprint density at radius 3 is 2.19 bits per heavy atom. The van der Waals surface area contributed by atoms with Crippen LogP contribution in [0.3, 0.4) is 0 Å². The first kappa shape index (κ1) is 19.2. The van der Waals surface area contributed by atoms with Crippen molar-refractivity contribution in [2.45, 2.75) is 96.3 Å². The molecule has 2 atom stereocenters. The molecule has 0 heterocycles. The van der Waals surface area contributed by atoms with E-state index in [4.69, 9.17) is 4.74 Å². The van der Waals surface area contributed by atoms with Gasteiger partial charge in [-0.3, -0.25) is 9.59 Å². The minimum atomic E-state index is -0.829. The molecule has 0 aliphatic heterocycles. The number of carbonyl (C=O) groups excluding carboxylic acids is 1. The van der Waals surface area contributed by atoms with Crippen molar-refractivity contribution in [1.82, 2.24) is 5.32 Å². The van der Waals surface area contributed by atoms with Gasteiger partial charge in [0.25, 0.3) is 5.91 Å². The second-order valence-corrected chi connectivity index (χ2v) is 10.6. The Morgan fingerprint density at radius 2 is 1.63 bits per heavy atom. The maximum absolute atomic E-state index is 13.1. The fraction of sp³-hybridized carbons (Fsp3) is 0.909. The van der Waals surface area contributed by atoms with E-state index in [-0.39, 0.29) is 18.1 Å². The van der Waals surface area contributed by atoms with Gasteiger partial charge in [0, 0.05) is 6.04 Å². The highest BCUT2D eigenvalue weighted by Crippen LogP contribution is 2.60. The molecule has 5 fully saturated rings. The van der Waals surface area contributed by atoms with E-state index in [1.165, 1.54) is 12.8 Å². The smallest absolute Gasteiger partial charge is 0.309 e. The molecular formula is C22H35NO4. The summed E-state index contributed by atoms with van der Waals surface area (Å²) in [5.74, 6) is 1.26. The highest BCUT2D eigenvalue weighted by Gasteiger charge is 2.59. The molecule has 5 aliphatic rings. The van der Waals surface area contributed by atoms with E-state index in [0.29, 0.717) is 17.8 Å². The van der Waals surface area contributed by atoms with E-state index in [1.54, 1.807) is 0 Å². The maximum atomic E-state index is 13.1. The summed E-state index contributed by atoms with van der Waals surface area (Å²) < 4.78 is 6.23. The molecule has 27 heavy (non-hydrogen) atoms. The molecule has 0 aromatic rings. The van der Waals surface area contributed by atoms with Crippen molar-refractivity contribution >= 4 is 11.9 Å². The topological polar surface area (TPSA) is 75.6 Å². The highest BCUT2D eigenvalue weighted by molar-refractivity contribution is 5.84. The van der Waals surface area contributed by atoms with Gasteiger partial charge in [-0.05, 0) is 95.3 Å². The van der Waals surface area contributed by atoms with Crippen molar-refractivity contribution in [2.75, 3.05) is 0 Å². The molecule has 5 saturated carbocycles. The Morgan fingerprint density at radius 1 is 1.04 bits per heavy atom. The van der Waals surface area contributed by atoms with Gasteiger partial charge in [-0.15, -0.1) is 0 Å². The second kappa shape index (κ2) is 6.75. The van der Waals surface area contributed by atoms with Crippen LogP contribution in [0.25, 0.3) is 0 Å². The number of ether oxygens (including phenoxy) is 1. The van der Waals surface area contributed by atoms with Gasteiger partial charge in [0.15, 0.2) is 0 Å². The number of aliphatic carboxylic acids is 1. The first-order valence-electron chi connectivity index (χ1n) is 10.9. The van der Waals surface area contributed by atoms with Crippen LogP contribution in [-0.4, -0.2) is 34.7 Å². The predicted molar refractivity (Wildman–Crippen MR) is 102 cm³/mol. The molecular weight excluding hydrogens is 342 g/mol. The van der Waals surface area contributed by atoms with Crippen LogP contribution in [0.4, 0.5) is 0 Å². The number of carboxylic acid groups (broad SMARTS) is 1. The largest absolute Gasteiger partial charge is 0.481 e. The third-order valence-corrected chi connectivity index (χ3v) is 8.00. The number of amides is 1. The summed E-state index contributed by atoms with van der Waals surface area (Å²) in [6.07, 6.45) is 9.02. The summed E-state index contributed by atoms with van der Waals surface area (Å²) in [6, 6.07) is 0.121. The molecule has 5 nitrogen and oxygen atoms in total. The molecule has 0 aromatic carbocycles. The lowest BCUT2D eigenvalue weighted by Gasteiger charge is -2.58. The van der Waals surface area contributed by atoms with Crippen molar-refractivity contribution in [2.24, 2.45) is 29.1 Å². The summed E-state index contributed by atoms with van der Waals surface area (Å²) in [5, 5.41) is 13.1. The summed E-state index contributed by atoms with van der Waals surface area (Å²) in [4.78, 5) is 24.9. The fourth-order valence-corrected chi connectivity index (χ4v) is 6.66. The van der Waals surface area contributed by atoms with Gasteiger partial charge < -0.3 is 15.2 Å². The van der Waals surface area contributed by atoms with Crippen molar-refractivity contribution in [3.63, 3.8) is 0 Å². The minimum Gasteiger partial charge on any atom is -0.481 e. The molecule has 1 amide bonds. The van der Waals surface area contributed by atoms with E-state index < -0.39 is 17.0 Å². The number of nitrogens with one attached hydrogen (secondary N) is 1. The van der Waals surface area contributed by atoms with E-state index in [1.807, 2.05) is 13.8 Å². The number of carbonyl (C=O) groups is 2. The second-order valence-electron chi connectivity index (χ2n) is 10.6. The monoisotopic (exact) mass is 377 g/mol. The van der Waals surface area contributed by atoms with Gasteiger partial charge in [0.2, 0.25) is 0 Å². The Bertz CT molecular complexity index is 591. The van der Waals surface area contributed by atoms with Crippen molar-refractivity contribution in [3.8, 4) is 0 Å². The quantitative estimate of drug-likeness (QED) is 0.765. The zero-order valence-electron chi connectivity index (χ0n) is 17.0. The molecule has 0 radical (unpaired) electrons. The van der Waals surface area contributed by atoms with Crippen LogP contribution in [0.2, 0.25) is 0 Å². The number of rotatable bonds is 5. The molecule has 5 rings (SSSR count). The Kier molecular flexibility index (Phi) is 4.81. The van der Waals surface area contributed by atoms with Crippen LogP contribution in [-0.2, 0) is 14.3 Å². The lowest BCUT2D eigenvalue weighted by molar-refractivity contribution is -0.170. The van der Waals surface area contributed by atoms with E-state index in [0.717, 1.165) is 50.9 Å². The van der Waals surface area contributed by atoms with Gasteiger partial charge in [-0.2, -0.15) is 0 Å². The summed E-state index contributed by atoms with van der Waals surface area (Å²) in [7, 11) is 0. The molecule has 2 unspecified atom stereocenters. The SMILES string of the molecule is CC1CCC(OC(C)(C)C(=O)NC2C3CC4CC2CC(C(=O)O)(C4)C3)CC1. The number of carboxylic acids is 1. The number of hydrogen-bond donors (Lipinski definition) is 2. The van der Waals surface area contributed by atoms with E-state index in [2.05, 4.69) is 12.2 Å². The van der Waals surface area contributed by atoms with E-state index in [9.17, 15) is 14.7 Å². The molecule has 0 aromatic heterocycles. The number of hydrogen-bond acceptors (Lipinski definition) is 3. The first-order chi connectivity index (χ1) is 12.7. The lowest BCUT2D eigenvalue weighted by Crippen LogP contribution is -2.63. The van der Waals surface area contributed by atoms with Gasteiger partial charge in [-0.1, -0.05) is 6.92 Å². The van der Waals surface area contributed by atoms with Gasteiger partial charge in [-0.25, -0.2) is 0 Å². The van der Waals surface area contributed by atoms with Gasteiger partial charge in [0.1, 0.15) is 5.60 Å². The van der Waals surface area contributed by atoms with Crippen LogP contribution in [0.15, 0.2) is 0 Å². The van der Waals surface area contributed by atoms with Gasteiger partial charge >= 0.3 is 5.97 Å². The standard InChI is InChI=1S/C22H35NO4/c1-13-4-6-17(7-5-13)27-21(2,3)19(24)23-18-15-8-14-9-16(18)12-22(10-14,11-15)20(25)26/h13-18H,4-12H2,1-3H3,(H,23,24)(H,25,26). The molecule has 5 aliphatic carbocycles. The van der Waals surface area contributed by atoms with Crippen LogP contribution < -0.4 is 5.32 Å². The van der Waals surface area contributed by atoms with Gasteiger partial charge in [0.05, 0.1) is 11.5 Å². The predicted octanol–water partition coefficient (Wildman–Crippen LogP) is 3.76. The highest BCUT2D eigenvalue weighted by atomic mass is 16.5. The third kappa shape index (κ3) is 3.52. The first-order valence-corrected chi connectivity index (χ1v) is 10.9. The average Bonchev–Trinajstić information content (AvgIpc) is 2.59. The van der Waals surface area contributed by atoms with Crippen LogP contribution in [0, 0.1) is 29.1 Å². The van der Waals surface area contributed by atoms with Crippen LogP contribution >= 0.6 is 0 Å². The van der Waals surface area contributed by atoms with E-state index >= 15 is 0 Å². The normalized spacial score (nSPS) is 43.5. The van der Waals surface area contributed by atoms with Crippen LogP contribution in [0.1, 0.15) is 78.6 Å². The molecule has 5 heteroatoms. The lowest BCUT2D eigenvalue weighted by atomic mass is 9.48. The Labute approximate surface area is 162 Å². The summed E-state index contributed by atoms with van der Waals surface area (Å²) in [6.45, 7) is 6.05. The molecule has 0 saturated heterocycles. The maximum Gasteiger partial charge on any atom is 0.309 e. The van der Waals surface area contributed by atoms with Crippen molar-refractivity contribution in [3.05, 3.63) is 0 Å². The van der Waals surface area contributed by atoms with Crippen molar-refractivity contribution in [1.29, 1.82) is 0 Å². The summed E-state index contributed by atoms with van der Waals surface area (Å²) in [5.41, 5.74) is -1.35. The van der Waals surface area contributed by atoms with Crippen LogP contribution in [0.5, 0.6) is 0 Å². The molecule has 4 bridgehead atoms. The zero-order valence-corrected chi connectivity index (χ0v) is 17.0. The van der Waals surface area contributed by atoms with Crippen molar-refractivity contribution < 1.29 is 19.4 Å². The average molecular weight is 378 g/mol. The molecule has 0 spiro atoms. The Balaban J connectivity index is 1.39. The fourth-order valence-electron chi connectivity index (χ4n) is 6.66. The molecule has 152 valence electrons. The summed E-state index contributed by atoms with van der Waals surface area (Å²) >= 11 is 0. The third-order valence-electron chi connectivity index (χ3n) is 8.00. The minimum absolute atomic E-state index is 0.0250.